The minimum atomic E-state index is 0.178. The quantitative estimate of drug-likeness (QED) is 0.887. The topological polar surface area (TPSA) is 50.9 Å². The predicted octanol–water partition coefficient (Wildman–Crippen LogP) is 3.37. The minimum absolute atomic E-state index is 0.178. The molecule has 0 aliphatic heterocycles. The van der Waals surface area contributed by atoms with Gasteiger partial charge in [-0.25, -0.2) is 0 Å². The molecule has 0 radical (unpaired) electrons. The highest BCUT2D eigenvalue weighted by Crippen LogP contribution is 2.25. The van der Waals surface area contributed by atoms with Gasteiger partial charge in [-0.3, -0.25) is 4.98 Å². The zero-order chi connectivity index (χ0) is 13.0. The third-order valence-electron chi connectivity index (χ3n) is 2.86. The van der Waals surface area contributed by atoms with E-state index in [0.717, 1.165) is 11.3 Å². The van der Waals surface area contributed by atoms with E-state index in [4.69, 9.17) is 17.3 Å². The number of rotatable bonds is 4. The van der Waals surface area contributed by atoms with Crippen LogP contribution >= 0.6 is 11.6 Å². The van der Waals surface area contributed by atoms with Crippen LogP contribution in [0.5, 0.6) is 0 Å². The van der Waals surface area contributed by atoms with Crippen LogP contribution in [0.4, 0.5) is 5.69 Å². The number of anilines is 1. The number of nitrogens with zero attached hydrogens (tertiary/aromatic N) is 1. The highest BCUT2D eigenvalue weighted by molar-refractivity contribution is 6.33. The molecular weight excluding hydrogens is 246 g/mol. The number of pyridine rings is 1. The van der Waals surface area contributed by atoms with Crippen molar-refractivity contribution in [1.82, 2.24) is 4.98 Å². The fourth-order valence-electron chi connectivity index (χ4n) is 1.75. The van der Waals surface area contributed by atoms with E-state index < -0.39 is 0 Å². The Bertz CT molecular complexity index is 511. The van der Waals surface area contributed by atoms with Crippen LogP contribution in [0.1, 0.15) is 24.1 Å². The van der Waals surface area contributed by atoms with Crippen LogP contribution in [-0.2, 0) is 6.54 Å². The minimum Gasteiger partial charge on any atom is -0.377 e. The van der Waals surface area contributed by atoms with Crippen molar-refractivity contribution in [3.05, 3.63) is 58.9 Å². The Morgan fingerprint density at radius 2 is 2.00 bits per heavy atom. The molecule has 0 bridgehead atoms. The lowest BCUT2D eigenvalue weighted by Crippen LogP contribution is -2.07. The first kappa shape index (κ1) is 12.9. The van der Waals surface area contributed by atoms with Gasteiger partial charge in [-0.15, -0.1) is 0 Å². The molecule has 18 heavy (non-hydrogen) atoms. The van der Waals surface area contributed by atoms with Gasteiger partial charge in [0.25, 0.3) is 0 Å². The Kier molecular flexibility index (Phi) is 4.18. The smallest absolute Gasteiger partial charge is 0.0820 e. The average Bonchev–Trinajstić information content (AvgIpc) is 2.41. The number of nitrogens with one attached hydrogen (secondary N) is 1. The number of nitrogens with two attached hydrogens (primary N) is 1. The van der Waals surface area contributed by atoms with Gasteiger partial charge in [0.05, 0.1) is 10.7 Å². The van der Waals surface area contributed by atoms with E-state index in [0.29, 0.717) is 11.6 Å². The van der Waals surface area contributed by atoms with Crippen molar-refractivity contribution in [3.8, 4) is 0 Å². The highest BCUT2D eigenvalue weighted by atomic mass is 35.5. The van der Waals surface area contributed by atoms with Crippen LogP contribution in [-0.4, -0.2) is 4.98 Å². The summed E-state index contributed by atoms with van der Waals surface area (Å²) < 4.78 is 0. The lowest BCUT2D eigenvalue weighted by atomic mass is 10.1. The summed E-state index contributed by atoms with van der Waals surface area (Å²) in [4.78, 5) is 3.96. The summed E-state index contributed by atoms with van der Waals surface area (Å²) in [6, 6.07) is 10.3. The van der Waals surface area contributed by atoms with Crippen LogP contribution in [0.2, 0.25) is 5.02 Å². The van der Waals surface area contributed by atoms with Gasteiger partial charge in [0, 0.05) is 25.0 Å². The van der Waals surface area contributed by atoms with Gasteiger partial charge in [0.2, 0.25) is 0 Å². The molecule has 0 aliphatic rings. The van der Waals surface area contributed by atoms with E-state index in [9.17, 15) is 0 Å². The molecule has 1 unspecified atom stereocenters. The number of hydrogen-bond donors (Lipinski definition) is 2. The van der Waals surface area contributed by atoms with Crippen LogP contribution in [0.25, 0.3) is 0 Å². The Morgan fingerprint density at radius 3 is 2.61 bits per heavy atom. The number of halogens is 1. The van der Waals surface area contributed by atoms with Gasteiger partial charge in [-0.2, -0.15) is 0 Å². The van der Waals surface area contributed by atoms with E-state index in [2.05, 4.69) is 29.4 Å². The first-order valence-electron chi connectivity index (χ1n) is 5.85. The van der Waals surface area contributed by atoms with Crippen LogP contribution in [0.3, 0.4) is 0 Å². The monoisotopic (exact) mass is 261 g/mol. The number of aromatic nitrogens is 1. The molecule has 94 valence electrons. The summed E-state index contributed by atoms with van der Waals surface area (Å²) in [6.07, 6.45) is 3.35. The fraction of sp³-hybridized carbons (Fsp3) is 0.214. The zero-order valence-corrected chi connectivity index (χ0v) is 11.0. The van der Waals surface area contributed by atoms with Crippen LogP contribution in [0.15, 0.2) is 42.7 Å². The second-order valence-electron chi connectivity index (χ2n) is 4.17. The Labute approximate surface area is 112 Å². The third-order valence-corrected chi connectivity index (χ3v) is 3.16. The summed E-state index contributed by atoms with van der Waals surface area (Å²) >= 11 is 6.06. The molecule has 1 aromatic heterocycles. The molecule has 0 saturated carbocycles. The first-order chi connectivity index (χ1) is 8.70. The van der Waals surface area contributed by atoms with E-state index >= 15 is 0 Å². The van der Waals surface area contributed by atoms with E-state index in [1.54, 1.807) is 12.4 Å². The molecular formula is C14H16ClN3. The molecule has 0 amide bonds. The molecule has 0 saturated heterocycles. The Balaban J connectivity index is 2.11. The standard InChI is InChI=1S/C14H16ClN3/c1-10(12-4-2-11(8-16)3-5-12)18-14-6-7-17-9-13(14)15/h2-7,9-10H,8,16H2,1H3,(H,17,18). The molecule has 0 fully saturated rings. The van der Waals surface area contributed by atoms with Crippen molar-refractivity contribution in [2.75, 3.05) is 5.32 Å². The van der Waals surface area contributed by atoms with Crippen molar-refractivity contribution >= 4 is 17.3 Å². The second kappa shape index (κ2) is 5.85. The summed E-state index contributed by atoms with van der Waals surface area (Å²) in [6.45, 7) is 2.66. The summed E-state index contributed by atoms with van der Waals surface area (Å²) in [5, 5.41) is 3.99. The number of hydrogen-bond acceptors (Lipinski definition) is 3. The highest BCUT2D eigenvalue weighted by Gasteiger charge is 2.07. The summed E-state index contributed by atoms with van der Waals surface area (Å²) in [7, 11) is 0. The third kappa shape index (κ3) is 3.00. The number of benzene rings is 1. The first-order valence-corrected chi connectivity index (χ1v) is 6.23. The lowest BCUT2D eigenvalue weighted by Gasteiger charge is -2.16. The molecule has 4 heteroatoms. The maximum absolute atomic E-state index is 6.06. The molecule has 1 atom stereocenters. The molecule has 0 spiro atoms. The SMILES string of the molecule is CC(Nc1ccncc1Cl)c1ccc(CN)cc1. The lowest BCUT2D eigenvalue weighted by molar-refractivity contribution is 0.881. The van der Waals surface area contributed by atoms with Crippen molar-refractivity contribution < 1.29 is 0 Å². The Morgan fingerprint density at radius 1 is 1.28 bits per heavy atom. The zero-order valence-electron chi connectivity index (χ0n) is 10.2. The van der Waals surface area contributed by atoms with Gasteiger partial charge in [-0.05, 0) is 24.1 Å². The van der Waals surface area contributed by atoms with E-state index in [1.165, 1.54) is 5.56 Å². The fourth-order valence-corrected chi connectivity index (χ4v) is 1.93. The summed E-state index contributed by atoms with van der Waals surface area (Å²) in [5.74, 6) is 0. The van der Waals surface area contributed by atoms with Gasteiger partial charge in [0.1, 0.15) is 0 Å². The van der Waals surface area contributed by atoms with E-state index in [-0.39, 0.29) is 6.04 Å². The van der Waals surface area contributed by atoms with E-state index in [1.807, 2.05) is 18.2 Å². The second-order valence-corrected chi connectivity index (χ2v) is 4.57. The van der Waals surface area contributed by atoms with Gasteiger partial charge < -0.3 is 11.1 Å². The molecule has 1 heterocycles. The normalized spacial score (nSPS) is 12.2. The molecule has 3 N–H and O–H groups in total. The molecule has 2 rings (SSSR count). The molecule has 3 nitrogen and oxygen atoms in total. The molecule has 1 aromatic carbocycles. The summed E-state index contributed by atoms with van der Waals surface area (Å²) in [5.41, 5.74) is 8.80. The van der Waals surface area contributed by atoms with Crippen LogP contribution < -0.4 is 11.1 Å². The Hall–Kier alpha value is -1.58. The van der Waals surface area contributed by atoms with Crippen molar-refractivity contribution in [2.24, 2.45) is 5.73 Å². The van der Waals surface area contributed by atoms with Gasteiger partial charge in [0.15, 0.2) is 0 Å². The van der Waals surface area contributed by atoms with Crippen molar-refractivity contribution in [1.29, 1.82) is 0 Å². The average molecular weight is 262 g/mol. The van der Waals surface area contributed by atoms with Gasteiger partial charge >= 0.3 is 0 Å². The predicted molar refractivity (Wildman–Crippen MR) is 75.6 cm³/mol. The van der Waals surface area contributed by atoms with Gasteiger partial charge in [-0.1, -0.05) is 35.9 Å². The van der Waals surface area contributed by atoms with Crippen LogP contribution in [0, 0.1) is 0 Å². The largest absolute Gasteiger partial charge is 0.377 e. The van der Waals surface area contributed by atoms with Crippen molar-refractivity contribution in [3.63, 3.8) is 0 Å². The maximum atomic E-state index is 6.06. The van der Waals surface area contributed by atoms with Crippen molar-refractivity contribution in [2.45, 2.75) is 19.5 Å². The maximum Gasteiger partial charge on any atom is 0.0820 e. The molecule has 0 aliphatic carbocycles. The molecule has 2 aromatic rings.